The molecule has 3 aliphatic heterocycles. The van der Waals surface area contributed by atoms with Crippen molar-refractivity contribution >= 4 is 0 Å². The molecule has 3 fully saturated rings. The minimum Gasteiger partial charge on any atom is -0.396 e. The normalized spacial score (nSPS) is 54.6. The second-order valence-corrected chi connectivity index (χ2v) is 5.50. The van der Waals surface area contributed by atoms with E-state index in [0.717, 1.165) is 19.3 Å². The van der Waals surface area contributed by atoms with Crippen LogP contribution in [0.2, 0.25) is 0 Å². The summed E-state index contributed by atoms with van der Waals surface area (Å²) in [6.45, 7) is 4.67. The van der Waals surface area contributed by atoms with Crippen LogP contribution in [0.15, 0.2) is 0 Å². The van der Waals surface area contributed by atoms with E-state index in [0.29, 0.717) is 36.1 Å². The molecule has 0 amide bonds. The standard InChI is InChI=1S/C13H22O3/c1-3-8-11-10-5-7(6-14)13(16-10)12(11)9(4-2)15-8/h7-14H,3-6H2,1-2H3. The summed E-state index contributed by atoms with van der Waals surface area (Å²) in [5.74, 6) is 1.51. The molecule has 3 nitrogen and oxygen atoms in total. The highest BCUT2D eigenvalue weighted by atomic mass is 16.5. The third-order valence-electron chi connectivity index (χ3n) is 4.83. The SMILES string of the molecule is CCC1OC(CC)C2C3OC(CC3CO)C12. The molecule has 0 saturated carbocycles. The third kappa shape index (κ3) is 1.31. The van der Waals surface area contributed by atoms with E-state index in [4.69, 9.17) is 9.47 Å². The second kappa shape index (κ2) is 3.97. The van der Waals surface area contributed by atoms with Gasteiger partial charge < -0.3 is 14.6 Å². The van der Waals surface area contributed by atoms with Crippen LogP contribution in [0.3, 0.4) is 0 Å². The van der Waals surface area contributed by atoms with Gasteiger partial charge in [-0.25, -0.2) is 0 Å². The number of ether oxygens (including phenoxy) is 2. The maximum Gasteiger partial charge on any atom is 0.0687 e. The summed E-state index contributed by atoms with van der Waals surface area (Å²) < 4.78 is 12.2. The van der Waals surface area contributed by atoms with Crippen molar-refractivity contribution in [2.45, 2.75) is 57.5 Å². The monoisotopic (exact) mass is 226 g/mol. The van der Waals surface area contributed by atoms with Crippen molar-refractivity contribution in [3.8, 4) is 0 Å². The molecule has 3 heteroatoms. The van der Waals surface area contributed by atoms with Crippen LogP contribution in [-0.4, -0.2) is 36.1 Å². The molecule has 16 heavy (non-hydrogen) atoms. The number of hydrogen-bond donors (Lipinski definition) is 1. The van der Waals surface area contributed by atoms with Crippen LogP contribution in [-0.2, 0) is 9.47 Å². The number of rotatable bonds is 3. The van der Waals surface area contributed by atoms with Crippen LogP contribution in [0.5, 0.6) is 0 Å². The Kier molecular flexibility index (Phi) is 2.73. The summed E-state index contributed by atoms with van der Waals surface area (Å²) in [6, 6.07) is 0. The molecule has 7 unspecified atom stereocenters. The Morgan fingerprint density at radius 1 is 1.06 bits per heavy atom. The fourth-order valence-corrected chi connectivity index (χ4v) is 4.19. The summed E-state index contributed by atoms with van der Waals surface area (Å²) in [6.07, 6.45) is 4.58. The zero-order chi connectivity index (χ0) is 11.3. The molecule has 0 aliphatic carbocycles. The number of fused-ring (bicyclic) bond motifs is 5. The molecule has 3 saturated heterocycles. The quantitative estimate of drug-likeness (QED) is 0.794. The predicted octanol–water partition coefficient (Wildman–Crippen LogP) is 1.59. The molecule has 1 N–H and O–H groups in total. The van der Waals surface area contributed by atoms with E-state index >= 15 is 0 Å². The summed E-state index contributed by atoms with van der Waals surface area (Å²) in [5.41, 5.74) is 0. The van der Waals surface area contributed by atoms with Crippen LogP contribution in [0.1, 0.15) is 33.1 Å². The minimum atomic E-state index is 0.265. The van der Waals surface area contributed by atoms with Gasteiger partial charge in [-0.2, -0.15) is 0 Å². The van der Waals surface area contributed by atoms with Crippen LogP contribution in [0, 0.1) is 17.8 Å². The molecular formula is C13H22O3. The number of hydrogen-bond acceptors (Lipinski definition) is 3. The fraction of sp³-hybridized carbons (Fsp3) is 1.00. The summed E-state index contributed by atoms with van der Waals surface area (Å²) in [7, 11) is 0. The third-order valence-corrected chi connectivity index (χ3v) is 4.83. The zero-order valence-corrected chi connectivity index (χ0v) is 10.1. The molecule has 92 valence electrons. The molecule has 3 aliphatic rings. The molecule has 3 rings (SSSR count). The first-order chi connectivity index (χ1) is 7.80. The first kappa shape index (κ1) is 11.0. The van der Waals surface area contributed by atoms with E-state index in [1.165, 1.54) is 0 Å². The van der Waals surface area contributed by atoms with Gasteiger partial charge in [0.25, 0.3) is 0 Å². The summed E-state index contributed by atoms with van der Waals surface area (Å²) >= 11 is 0. The highest BCUT2D eigenvalue weighted by Gasteiger charge is 2.61. The van der Waals surface area contributed by atoms with Crippen LogP contribution < -0.4 is 0 Å². The molecule has 0 aromatic rings. The van der Waals surface area contributed by atoms with Crippen molar-refractivity contribution in [1.82, 2.24) is 0 Å². The number of aliphatic hydroxyl groups excluding tert-OH is 1. The maximum absolute atomic E-state index is 9.37. The van der Waals surface area contributed by atoms with E-state index in [1.807, 2.05) is 0 Å². The van der Waals surface area contributed by atoms with Gasteiger partial charge in [-0.3, -0.25) is 0 Å². The van der Waals surface area contributed by atoms with Gasteiger partial charge >= 0.3 is 0 Å². The smallest absolute Gasteiger partial charge is 0.0687 e. The fourth-order valence-electron chi connectivity index (χ4n) is 4.19. The Bertz CT molecular complexity index is 268. The van der Waals surface area contributed by atoms with Gasteiger partial charge in [0.2, 0.25) is 0 Å². The average molecular weight is 226 g/mol. The molecule has 2 bridgehead atoms. The Labute approximate surface area is 97.1 Å². The Hall–Kier alpha value is -0.120. The van der Waals surface area contributed by atoms with E-state index in [-0.39, 0.29) is 12.7 Å². The summed E-state index contributed by atoms with van der Waals surface area (Å²) in [5, 5.41) is 9.37. The zero-order valence-electron chi connectivity index (χ0n) is 10.1. The predicted molar refractivity (Wildman–Crippen MR) is 60.1 cm³/mol. The van der Waals surface area contributed by atoms with Crippen molar-refractivity contribution in [2.75, 3.05) is 6.61 Å². The maximum atomic E-state index is 9.37. The topological polar surface area (TPSA) is 38.7 Å². The van der Waals surface area contributed by atoms with Crippen molar-refractivity contribution in [3.05, 3.63) is 0 Å². The van der Waals surface area contributed by atoms with E-state index < -0.39 is 0 Å². The van der Waals surface area contributed by atoms with E-state index in [2.05, 4.69) is 13.8 Å². The molecule has 0 aromatic heterocycles. The second-order valence-electron chi connectivity index (χ2n) is 5.50. The molecule has 3 heterocycles. The van der Waals surface area contributed by atoms with Crippen LogP contribution in [0.4, 0.5) is 0 Å². The average Bonchev–Trinajstić information content (AvgIpc) is 2.97. The molecule has 0 spiro atoms. The Balaban J connectivity index is 1.84. The van der Waals surface area contributed by atoms with Crippen LogP contribution >= 0.6 is 0 Å². The van der Waals surface area contributed by atoms with Gasteiger partial charge in [0.1, 0.15) is 0 Å². The molecule has 0 radical (unpaired) electrons. The van der Waals surface area contributed by atoms with Gasteiger partial charge in [0.05, 0.1) is 24.4 Å². The van der Waals surface area contributed by atoms with Gasteiger partial charge in [0, 0.05) is 24.4 Å². The molecule has 0 aromatic carbocycles. The Morgan fingerprint density at radius 2 is 1.75 bits per heavy atom. The minimum absolute atomic E-state index is 0.265. The van der Waals surface area contributed by atoms with Gasteiger partial charge in [-0.1, -0.05) is 13.8 Å². The van der Waals surface area contributed by atoms with Crippen molar-refractivity contribution in [2.24, 2.45) is 17.8 Å². The van der Waals surface area contributed by atoms with Gasteiger partial charge in [0.15, 0.2) is 0 Å². The first-order valence-electron chi connectivity index (χ1n) is 6.71. The van der Waals surface area contributed by atoms with E-state index in [9.17, 15) is 5.11 Å². The lowest BCUT2D eigenvalue weighted by atomic mass is 9.71. The van der Waals surface area contributed by atoms with Gasteiger partial charge in [-0.05, 0) is 19.3 Å². The van der Waals surface area contributed by atoms with Crippen molar-refractivity contribution < 1.29 is 14.6 Å². The highest BCUT2D eigenvalue weighted by molar-refractivity contribution is 5.08. The highest BCUT2D eigenvalue weighted by Crippen LogP contribution is 2.54. The van der Waals surface area contributed by atoms with Crippen molar-refractivity contribution in [1.29, 1.82) is 0 Å². The molecular weight excluding hydrogens is 204 g/mol. The van der Waals surface area contributed by atoms with Crippen LogP contribution in [0.25, 0.3) is 0 Å². The number of aliphatic hydroxyl groups is 1. The van der Waals surface area contributed by atoms with Crippen molar-refractivity contribution in [3.63, 3.8) is 0 Å². The molecule has 7 atom stereocenters. The van der Waals surface area contributed by atoms with E-state index in [1.54, 1.807) is 0 Å². The summed E-state index contributed by atoms with van der Waals surface area (Å²) in [4.78, 5) is 0. The lowest BCUT2D eigenvalue weighted by Gasteiger charge is -2.29. The largest absolute Gasteiger partial charge is 0.396 e. The van der Waals surface area contributed by atoms with Gasteiger partial charge in [-0.15, -0.1) is 0 Å². The lowest BCUT2D eigenvalue weighted by Crippen LogP contribution is -2.38. The first-order valence-corrected chi connectivity index (χ1v) is 6.71. The Morgan fingerprint density at radius 3 is 2.38 bits per heavy atom. The lowest BCUT2D eigenvalue weighted by molar-refractivity contribution is -0.0350.